The summed E-state index contributed by atoms with van der Waals surface area (Å²) in [5.74, 6) is 0.561. The predicted octanol–water partition coefficient (Wildman–Crippen LogP) is -2.44. The minimum atomic E-state index is 0. The fourth-order valence-corrected chi connectivity index (χ4v) is 2.27. The van der Waals surface area contributed by atoms with Gasteiger partial charge in [0.15, 0.2) is 0 Å². The van der Waals surface area contributed by atoms with E-state index < -0.39 is 0 Å². The number of benzene rings is 2. The molecule has 0 spiro atoms. The van der Waals surface area contributed by atoms with Crippen LogP contribution in [0.2, 0.25) is 0 Å². The molecule has 1 unspecified atom stereocenters. The van der Waals surface area contributed by atoms with E-state index in [1.54, 1.807) is 6.07 Å². The van der Waals surface area contributed by atoms with Crippen molar-refractivity contribution in [1.82, 2.24) is 0 Å². The minimum Gasteiger partial charge on any atom is -1.00 e. The van der Waals surface area contributed by atoms with Gasteiger partial charge in [-0.3, -0.25) is 0 Å². The van der Waals surface area contributed by atoms with Crippen LogP contribution in [-0.2, 0) is 21.7 Å². The molecule has 2 aromatic rings. The first kappa shape index (κ1) is 18.3. The van der Waals surface area contributed by atoms with Crippen molar-refractivity contribution in [2.45, 2.75) is 5.92 Å². The number of allylic oxidation sites excluding steroid dienone is 1. The van der Waals surface area contributed by atoms with E-state index >= 15 is 0 Å². The zero-order chi connectivity index (χ0) is 11.0. The second kappa shape index (κ2) is 7.76. The molecule has 0 bridgehead atoms. The molecule has 0 fully saturated rings. The summed E-state index contributed by atoms with van der Waals surface area (Å²) >= 11 is 0. The average Bonchev–Trinajstić information content (AvgIpc) is 2.74. The van der Waals surface area contributed by atoms with E-state index in [9.17, 15) is 5.11 Å². The molecule has 96 valence electrons. The van der Waals surface area contributed by atoms with Gasteiger partial charge in [0.2, 0.25) is 0 Å². The molecule has 1 atom stereocenters. The van der Waals surface area contributed by atoms with Gasteiger partial charge in [-0.2, -0.15) is 0 Å². The third-order valence-electron chi connectivity index (χ3n) is 3.07. The summed E-state index contributed by atoms with van der Waals surface area (Å²) in [5.41, 5.74) is 3.49. The van der Waals surface area contributed by atoms with Crippen molar-refractivity contribution >= 4 is 6.08 Å². The Morgan fingerprint density at radius 2 is 1.37 bits per heavy atom. The summed E-state index contributed by atoms with van der Waals surface area (Å²) in [7, 11) is 0. The SMILES string of the molecule is Oc1ccccc1C1C=Cc2ccccc21.[Cl-].[Cl-].[Ti+2]. The molecule has 1 nitrogen and oxygen atoms in total. The Labute approximate surface area is 140 Å². The maximum absolute atomic E-state index is 9.86. The van der Waals surface area contributed by atoms with Gasteiger partial charge in [-0.25, -0.2) is 0 Å². The number of phenols is 1. The fraction of sp³-hybridized carbons (Fsp3) is 0.0667. The molecular formula is C15H12Cl2OTi. The fourth-order valence-electron chi connectivity index (χ4n) is 2.27. The topological polar surface area (TPSA) is 20.2 Å². The summed E-state index contributed by atoms with van der Waals surface area (Å²) in [6, 6.07) is 15.8. The summed E-state index contributed by atoms with van der Waals surface area (Å²) < 4.78 is 0. The van der Waals surface area contributed by atoms with Crippen molar-refractivity contribution in [1.29, 1.82) is 0 Å². The van der Waals surface area contributed by atoms with E-state index in [1.807, 2.05) is 30.3 Å². The Kier molecular flexibility index (Phi) is 7.47. The van der Waals surface area contributed by atoms with Gasteiger partial charge >= 0.3 is 21.7 Å². The van der Waals surface area contributed by atoms with Crippen molar-refractivity contribution in [3.63, 3.8) is 0 Å². The largest absolute Gasteiger partial charge is 2.00 e. The molecule has 1 N–H and O–H groups in total. The van der Waals surface area contributed by atoms with E-state index in [2.05, 4.69) is 24.3 Å². The number of hydrogen-bond donors (Lipinski definition) is 1. The van der Waals surface area contributed by atoms with Crippen LogP contribution in [0.25, 0.3) is 6.08 Å². The first-order valence-corrected chi connectivity index (χ1v) is 5.41. The van der Waals surface area contributed by atoms with E-state index in [-0.39, 0.29) is 52.4 Å². The molecule has 2 aromatic carbocycles. The van der Waals surface area contributed by atoms with Crippen LogP contribution in [0.4, 0.5) is 0 Å². The first-order valence-electron chi connectivity index (χ1n) is 5.41. The van der Waals surface area contributed by atoms with Crippen LogP contribution in [0.3, 0.4) is 0 Å². The third-order valence-corrected chi connectivity index (χ3v) is 3.07. The Morgan fingerprint density at radius 1 is 0.789 bits per heavy atom. The number of fused-ring (bicyclic) bond motifs is 1. The van der Waals surface area contributed by atoms with Gasteiger partial charge in [0.25, 0.3) is 0 Å². The molecule has 0 heterocycles. The molecule has 0 amide bonds. The summed E-state index contributed by atoms with van der Waals surface area (Å²) in [6.07, 6.45) is 4.26. The second-order valence-electron chi connectivity index (χ2n) is 4.02. The molecule has 0 aromatic heterocycles. The van der Waals surface area contributed by atoms with Crippen LogP contribution in [0.15, 0.2) is 54.6 Å². The molecule has 19 heavy (non-hydrogen) atoms. The number of hydrogen-bond acceptors (Lipinski definition) is 1. The molecule has 0 radical (unpaired) electrons. The molecule has 3 rings (SSSR count). The molecule has 4 heteroatoms. The van der Waals surface area contributed by atoms with Gasteiger partial charge in [0, 0.05) is 11.5 Å². The average molecular weight is 327 g/mol. The maximum atomic E-state index is 9.86. The van der Waals surface area contributed by atoms with Crippen LogP contribution in [0.5, 0.6) is 5.75 Å². The summed E-state index contributed by atoms with van der Waals surface area (Å²) in [4.78, 5) is 0. The quantitative estimate of drug-likeness (QED) is 0.577. The number of rotatable bonds is 1. The van der Waals surface area contributed by atoms with E-state index in [4.69, 9.17) is 0 Å². The summed E-state index contributed by atoms with van der Waals surface area (Å²) in [6.45, 7) is 0. The second-order valence-corrected chi connectivity index (χ2v) is 4.02. The zero-order valence-corrected chi connectivity index (χ0v) is 13.1. The zero-order valence-electron chi connectivity index (χ0n) is 10.1. The van der Waals surface area contributed by atoms with Gasteiger partial charge in [-0.05, 0) is 17.2 Å². The van der Waals surface area contributed by atoms with E-state index in [1.165, 1.54) is 11.1 Å². The van der Waals surface area contributed by atoms with Gasteiger partial charge in [0.1, 0.15) is 5.75 Å². The first-order chi connectivity index (χ1) is 7.86. The van der Waals surface area contributed by atoms with Crippen molar-refractivity contribution in [2.24, 2.45) is 0 Å². The monoisotopic (exact) mass is 326 g/mol. The molecular weight excluding hydrogens is 315 g/mol. The van der Waals surface area contributed by atoms with Crippen LogP contribution >= 0.6 is 0 Å². The normalized spacial score (nSPS) is 14.6. The Balaban J connectivity index is 0.00000108. The molecule has 1 aliphatic carbocycles. The van der Waals surface area contributed by atoms with Crippen molar-refractivity contribution in [3.05, 3.63) is 71.3 Å². The van der Waals surface area contributed by atoms with Crippen molar-refractivity contribution < 1.29 is 51.6 Å². The molecule has 0 aliphatic heterocycles. The van der Waals surface area contributed by atoms with Crippen LogP contribution < -0.4 is 24.8 Å². The van der Waals surface area contributed by atoms with Gasteiger partial charge < -0.3 is 29.9 Å². The van der Waals surface area contributed by atoms with E-state index in [0.29, 0.717) is 5.75 Å². The van der Waals surface area contributed by atoms with Crippen molar-refractivity contribution in [2.75, 3.05) is 0 Å². The Morgan fingerprint density at radius 3 is 2.05 bits per heavy atom. The number of para-hydroxylation sites is 1. The predicted molar refractivity (Wildman–Crippen MR) is 65.4 cm³/mol. The van der Waals surface area contributed by atoms with Crippen LogP contribution in [0, 0.1) is 0 Å². The number of aromatic hydroxyl groups is 1. The molecule has 0 saturated carbocycles. The minimum absolute atomic E-state index is 0. The molecule has 1 aliphatic rings. The van der Waals surface area contributed by atoms with Gasteiger partial charge in [0.05, 0.1) is 0 Å². The Hall–Kier alpha value is -0.726. The molecule has 0 saturated heterocycles. The van der Waals surface area contributed by atoms with E-state index in [0.717, 1.165) is 5.56 Å². The maximum Gasteiger partial charge on any atom is 2.00 e. The van der Waals surface area contributed by atoms with Gasteiger partial charge in [-0.15, -0.1) is 0 Å². The van der Waals surface area contributed by atoms with Crippen molar-refractivity contribution in [3.8, 4) is 5.75 Å². The standard InChI is InChI=1S/C15H12O.2ClH.Ti/c16-15-8-4-3-7-14(15)13-10-9-11-5-1-2-6-12(11)13;;;/h1-10,13,16H;2*1H;/q;;;+2/p-2. The number of halogens is 2. The summed E-state index contributed by atoms with van der Waals surface area (Å²) in [5, 5.41) is 9.86. The smallest absolute Gasteiger partial charge is 1.00 e. The number of phenolic OH excluding ortho intramolecular Hbond substituents is 1. The third kappa shape index (κ3) is 3.43. The van der Waals surface area contributed by atoms with Crippen LogP contribution in [0.1, 0.15) is 22.6 Å². The van der Waals surface area contributed by atoms with Gasteiger partial charge in [-0.1, -0.05) is 54.6 Å². The Bertz CT molecular complexity index is 570. The van der Waals surface area contributed by atoms with Crippen LogP contribution in [-0.4, -0.2) is 5.11 Å².